The van der Waals surface area contributed by atoms with E-state index in [9.17, 15) is 4.79 Å². The first-order chi connectivity index (χ1) is 12.2. The van der Waals surface area contributed by atoms with Crippen LogP contribution in [0.4, 0.5) is 5.69 Å². The maximum Gasteiger partial charge on any atom is 0.272 e. The summed E-state index contributed by atoms with van der Waals surface area (Å²) in [6.07, 6.45) is 2.56. The number of nitrogens with two attached hydrogens (primary N) is 1. The summed E-state index contributed by atoms with van der Waals surface area (Å²) in [6, 6.07) is 5.84. The van der Waals surface area contributed by atoms with Gasteiger partial charge in [-0.25, -0.2) is 9.97 Å². The van der Waals surface area contributed by atoms with Crippen molar-refractivity contribution in [3.8, 4) is 10.4 Å². The first-order valence-corrected chi connectivity index (χ1v) is 8.92. The molecule has 0 aliphatic rings. The highest BCUT2D eigenvalue weighted by molar-refractivity contribution is 7.13. The number of carbonyl (C=O) groups is 1. The molecule has 25 heavy (non-hydrogen) atoms. The van der Waals surface area contributed by atoms with Gasteiger partial charge in [0.25, 0.3) is 5.91 Å². The smallest absolute Gasteiger partial charge is 0.272 e. The van der Waals surface area contributed by atoms with Crippen molar-refractivity contribution in [3.05, 3.63) is 41.3 Å². The number of anilines is 1. The average Bonchev–Trinajstić information content (AvgIpc) is 3.08. The van der Waals surface area contributed by atoms with Crippen molar-refractivity contribution in [2.75, 3.05) is 19.4 Å². The van der Waals surface area contributed by atoms with Crippen LogP contribution in [0.5, 0.6) is 0 Å². The van der Waals surface area contributed by atoms with Gasteiger partial charge in [0, 0.05) is 36.2 Å². The largest absolute Gasteiger partial charge is 0.396 e. The number of methoxy groups -OCH3 is 1. The van der Waals surface area contributed by atoms with Gasteiger partial charge in [-0.3, -0.25) is 4.79 Å². The zero-order valence-electron chi connectivity index (χ0n) is 14.2. The molecule has 1 aromatic carbocycles. The Hall–Kier alpha value is -2.51. The molecule has 1 amide bonds. The molecule has 2 heterocycles. The Labute approximate surface area is 150 Å². The number of nitrogens with zero attached hydrogens (tertiary/aromatic N) is 2. The predicted octanol–water partition coefficient (Wildman–Crippen LogP) is 3.23. The molecule has 3 aromatic rings. The summed E-state index contributed by atoms with van der Waals surface area (Å²) in [5.41, 5.74) is 10.6. The van der Waals surface area contributed by atoms with E-state index >= 15 is 0 Å². The molecule has 0 aliphatic heterocycles. The minimum atomic E-state index is -0.246. The van der Waals surface area contributed by atoms with E-state index < -0.39 is 0 Å². The lowest BCUT2D eigenvalue weighted by Crippen LogP contribution is -2.26. The molecule has 130 valence electrons. The van der Waals surface area contributed by atoms with E-state index in [1.165, 1.54) is 0 Å². The van der Waals surface area contributed by atoms with Crippen molar-refractivity contribution >= 4 is 33.7 Å². The number of ether oxygens (including phenoxy) is 1. The maximum atomic E-state index is 12.2. The number of hydrogen-bond donors (Lipinski definition) is 2. The zero-order valence-corrected chi connectivity index (χ0v) is 15.0. The van der Waals surface area contributed by atoms with Crippen LogP contribution in [0.1, 0.15) is 29.5 Å². The molecule has 7 heteroatoms. The molecule has 0 saturated carbocycles. The molecule has 0 fully saturated rings. The number of nitrogens with one attached hydrogen (secondary N) is 1. The molecule has 0 bridgehead atoms. The summed E-state index contributed by atoms with van der Waals surface area (Å²) in [5.74, 6) is -0.246. The van der Waals surface area contributed by atoms with E-state index in [1.54, 1.807) is 30.2 Å². The van der Waals surface area contributed by atoms with E-state index in [4.69, 9.17) is 10.5 Å². The van der Waals surface area contributed by atoms with Gasteiger partial charge in [0.2, 0.25) is 0 Å². The van der Waals surface area contributed by atoms with E-state index in [2.05, 4.69) is 15.3 Å². The number of fused-ring (bicyclic) bond motifs is 1. The normalized spacial score (nSPS) is 11.0. The van der Waals surface area contributed by atoms with Gasteiger partial charge < -0.3 is 15.8 Å². The molecule has 2 aromatic heterocycles. The third kappa shape index (κ3) is 3.33. The fourth-order valence-corrected chi connectivity index (χ4v) is 3.53. The Kier molecular flexibility index (Phi) is 5.25. The third-order valence-electron chi connectivity index (χ3n) is 3.89. The molecule has 3 N–H and O–H groups in total. The fraction of sp³-hybridized carbons (Fsp3) is 0.278. The van der Waals surface area contributed by atoms with Crippen molar-refractivity contribution in [1.82, 2.24) is 15.3 Å². The van der Waals surface area contributed by atoms with Crippen molar-refractivity contribution in [2.45, 2.75) is 20.0 Å². The number of thiazole rings is 1. The van der Waals surface area contributed by atoms with E-state index in [0.717, 1.165) is 33.3 Å². The van der Waals surface area contributed by atoms with E-state index in [-0.39, 0.29) is 11.6 Å². The van der Waals surface area contributed by atoms with E-state index in [0.29, 0.717) is 18.8 Å². The van der Waals surface area contributed by atoms with Crippen molar-refractivity contribution in [2.24, 2.45) is 0 Å². The summed E-state index contributed by atoms with van der Waals surface area (Å²) < 4.78 is 5.22. The molecule has 0 saturated heterocycles. The summed E-state index contributed by atoms with van der Waals surface area (Å²) in [4.78, 5) is 22.0. The molecule has 0 unspecified atom stereocenters. The minimum Gasteiger partial charge on any atom is -0.396 e. The van der Waals surface area contributed by atoms with Gasteiger partial charge in [-0.15, -0.1) is 11.3 Å². The monoisotopic (exact) mass is 356 g/mol. The van der Waals surface area contributed by atoms with Crippen molar-refractivity contribution in [1.29, 1.82) is 0 Å². The second-order valence-corrected chi connectivity index (χ2v) is 6.46. The first kappa shape index (κ1) is 17.3. The molecular weight excluding hydrogens is 336 g/mol. The van der Waals surface area contributed by atoms with Crippen LogP contribution in [-0.2, 0) is 11.3 Å². The SMILES string of the molecule is CCCNC(=O)c1ncc2c(-c3scnc3COC)cccc2c1N. The first-order valence-electron chi connectivity index (χ1n) is 8.04. The molecule has 0 atom stereocenters. The van der Waals surface area contributed by atoms with Crippen LogP contribution in [-0.4, -0.2) is 29.5 Å². The van der Waals surface area contributed by atoms with Crippen LogP contribution >= 0.6 is 11.3 Å². The highest BCUT2D eigenvalue weighted by atomic mass is 32.1. The second-order valence-electron chi connectivity index (χ2n) is 5.60. The van der Waals surface area contributed by atoms with Gasteiger partial charge in [0.1, 0.15) is 0 Å². The molecule has 3 rings (SSSR count). The van der Waals surface area contributed by atoms with Gasteiger partial charge in [-0.05, 0) is 6.42 Å². The van der Waals surface area contributed by atoms with Crippen LogP contribution in [0, 0.1) is 0 Å². The minimum absolute atomic E-state index is 0.246. The number of rotatable bonds is 6. The fourth-order valence-electron chi connectivity index (χ4n) is 2.69. The second kappa shape index (κ2) is 7.58. The molecular formula is C18H20N4O2S. The number of carbonyl (C=O) groups excluding carboxylic acids is 1. The van der Waals surface area contributed by atoms with Crippen LogP contribution in [0.15, 0.2) is 29.9 Å². The quantitative estimate of drug-likeness (QED) is 0.708. The number of nitrogen functional groups attached to an aromatic ring is 1. The maximum absolute atomic E-state index is 12.2. The predicted molar refractivity (Wildman–Crippen MR) is 101 cm³/mol. The lowest BCUT2D eigenvalue weighted by molar-refractivity contribution is 0.0950. The Balaban J connectivity index is 2.10. The number of amides is 1. The Morgan fingerprint density at radius 3 is 2.92 bits per heavy atom. The zero-order chi connectivity index (χ0) is 17.8. The molecule has 6 nitrogen and oxygen atoms in total. The molecule has 0 spiro atoms. The van der Waals surface area contributed by atoms with Crippen LogP contribution < -0.4 is 11.1 Å². The van der Waals surface area contributed by atoms with Crippen LogP contribution in [0.2, 0.25) is 0 Å². The topological polar surface area (TPSA) is 90.1 Å². The number of hydrogen-bond acceptors (Lipinski definition) is 6. The third-order valence-corrected chi connectivity index (χ3v) is 4.79. The number of pyridine rings is 1. The Bertz CT molecular complexity index is 907. The highest BCUT2D eigenvalue weighted by Gasteiger charge is 2.17. The lowest BCUT2D eigenvalue weighted by atomic mass is 10.0. The molecule has 0 aliphatic carbocycles. The number of benzene rings is 1. The van der Waals surface area contributed by atoms with Gasteiger partial charge in [0.15, 0.2) is 5.69 Å². The van der Waals surface area contributed by atoms with Crippen LogP contribution in [0.25, 0.3) is 21.2 Å². The van der Waals surface area contributed by atoms with Crippen molar-refractivity contribution < 1.29 is 9.53 Å². The van der Waals surface area contributed by atoms with Crippen LogP contribution in [0.3, 0.4) is 0 Å². The summed E-state index contributed by atoms with van der Waals surface area (Å²) in [7, 11) is 1.65. The highest BCUT2D eigenvalue weighted by Crippen LogP contribution is 2.36. The summed E-state index contributed by atoms with van der Waals surface area (Å²) in [6.45, 7) is 3.03. The Morgan fingerprint density at radius 1 is 1.32 bits per heavy atom. The van der Waals surface area contributed by atoms with Gasteiger partial charge in [-0.2, -0.15) is 0 Å². The summed E-state index contributed by atoms with van der Waals surface area (Å²) >= 11 is 1.55. The van der Waals surface area contributed by atoms with Crippen molar-refractivity contribution in [3.63, 3.8) is 0 Å². The lowest BCUT2D eigenvalue weighted by Gasteiger charge is -2.11. The Morgan fingerprint density at radius 2 is 2.16 bits per heavy atom. The standard InChI is InChI=1S/C18H20N4O2S/c1-3-7-20-18(23)16-15(19)11-5-4-6-12(13(11)8-21-16)17-14(9-24-2)22-10-25-17/h4-6,8,10H,3,7,9,19H2,1-2H3,(H,20,23). The summed E-state index contributed by atoms with van der Waals surface area (Å²) in [5, 5.41) is 4.52. The molecule has 0 radical (unpaired) electrons. The van der Waals surface area contributed by atoms with E-state index in [1.807, 2.05) is 25.1 Å². The average molecular weight is 356 g/mol. The van der Waals surface area contributed by atoms with Gasteiger partial charge >= 0.3 is 0 Å². The van der Waals surface area contributed by atoms with Gasteiger partial charge in [0.05, 0.1) is 28.4 Å². The number of aromatic nitrogens is 2. The van der Waals surface area contributed by atoms with Gasteiger partial charge in [-0.1, -0.05) is 25.1 Å².